The minimum absolute atomic E-state index is 0.155. The fraction of sp³-hybridized carbons (Fsp3) is 0.800. The Bertz CT molecular complexity index is 1230. The number of rotatable bonds is 11. The Balaban J connectivity index is 1.49. The van der Waals surface area contributed by atoms with E-state index in [0.29, 0.717) is 37.2 Å². The SMILES string of the molecule is CCC1(OC)[C@@H]([C@](C)(O)C(C)(C)C)C[C@]2(C)[C@H]3Cc4ccc(OC(=O)COCCOC)c5c4[C@@]2(CCN3CC2CC2)[C@H]1O5. The van der Waals surface area contributed by atoms with Gasteiger partial charge in [-0.25, -0.2) is 4.79 Å². The van der Waals surface area contributed by atoms with E-state index in [1.54, 1.807) is 14.2 Å². The van der Waals surface area contributed by atoms with Gasteiger partial charge in [0.05, 0.1) is 18.8 Å². The fourth-order valence-electron chi connectivity index (χ4n) is 9.61. The van der Waals surface area contributed by atoms with Crippen LogP contribution in [0.5, 0.6) is 11.5 Å². The molecule has 43 heavy (non-hydrogen) atoms. The second-order valence-electron chi connectivity index (χ2n) is 15.4. The zero-order chi connectivity index (χ0) is 31.0. The number of methoxy groups -OCH3 is 2. The van der Waals surface area contributed by atoms with E-state index in [9.17, 15) is 9.90 Å². The summed E-state index contributed by atoms with van der Waals surface area (Å²) in [4.78, 5) is 15.7. The van der Waals surface area contributed by atoms with Crippen molar-refractivity contribution in [3.05, 3.63) is 23.3 Å². The van der Waals surface area contributed by atoms with Crippen molar-refractivity contribution in [2.75, 3.05) is 47.1 Å². The number of carbonyl (C=O) groups is 1. The van der Waals surface area contributed by atoms with Crippen LogP contribution in [-0.2, 0) is 30.8 Å². The van der Waals surface area contributed by atoms with Crippen molar-refractivity contribution < 1.29 is 33.6 Å². The number of benzene rings is 1. The van der Waals surface area contributed by atoms with E-state index in [1.165, 1.54) is 24.0 Å². The second-order valence-corrected chi connectivity index (χ2v) is 15.4. The van der Waals surface area contributed by atoms with E-state index < -0.39 is 17.2 Å². The molecule has 3 fully saturated rings. The van der Waals surface area contributed by atoms with Crippen LogP contribution < -0.4 is 9.47 Å². The van der Waals surface area contributed by atoms with E-state index in [2.05, 4.69) is 45.6 Å². The van der Waals surface area contributed by atoms with Crippen molar-refractivity contribution >= 4 is 5.97 Å². The van der Waals surface area contributed by atoms with E-state index >= 15 is 0 Å². The standard InChI is InChI=1S/C35H53NO7/c1-9-35(40-8)25(33(6,38)31(2,3)4)19-32(5)26-18-23-12-13-24(42-27(37)21-41-17-16-39-7)29-28(23)34(32,30(35)43-29)14-15-36(26)20-22-10-11-22/h12-13,22,25-26,30,38H,9-11,14-21H2,1-8H3/t25-,26-,30-,32-,33+,34+,35?/m1/s1. The van der Waals surface area contributed by atoms with Crippen LogP contribution in [0.15, 0.2) is 12.1 Å². The lowest BCUT2D eigenvalue weighted by Gasteiger charge is -2.71. The molecule has 2 aliphatic heterocycles. The molecule has 8 nitrogen and oxygen atoms in total. The number of aliphatic hydroxyl groups is 1. The molecule has 2 heterocycles. The minimum atomic E-state index is -1.02. The quantitative estimate of drug-likeness (QED) is 0.218. The molecular formula is C35H53NO7. The Labute approximate surface area is 257 Å². The van der Waals surface area contributed by atoms with Crippen LogP contribution in [0.3, 0.4) is 0 Å². The fourth-order valence-corrected chi connectivity index (χ4v) is 9.61. The van der Waals surface area contributed by atoms with Gasteiger partial charge in [0.2, 0.25) is 0 Å². The molecule has 1 spiro atoms. The summed E-state index contributed by atoms with van der Waals surface area (Å²) in [5, 5.41) is 12.5. The van der Waals surface area contributed by atoms with Gasteiger partial charge in [0.1, 0.15) is 18.3 Å². The topological polar surface area (TPSA) is 86.7 Å². The van der Waals surface area contributed by atoms with Crippen LogP contribution in [0, 0.1) is 22.7 Å². The van der Waals surface area contributed by atoms with Crippen LogP contribution in [-0.4, -0.2) is 86.5 Å². The maximum absolute atomic E-state index is 12.9. The van der Waals surface area contributed by atoms with Gasteiger partial charge in [-0.05, 0) is 80.4 Å². The van der Waals surface area contributed by atoms with Gasteiger partial charge in [-0.15, -0.1) is 0 Å². The lowest BCUT2D eigenvalue weighted by Crippen LogP contribution is -2.79. The third-order valence-electron chi connectivity index (χ3n) is 12.6. The first-order chi connectivity index (χ1) is 20.3. The van der Waals surface area contributed by atoms with E-state index in [-0.39, 0.29) is 34.9 Å². The second kappa shape index (κ2) is 10.7. The number of hydrogen-bond acceptors (Lipinski definition) is 8. The summed E-state index contributed by atoms with van der Waals surface area (Å²) in [6.45, 7) is 15.8. The van der Waals surface area contributed by atoms with Crippen LogP contribution in [0.2, 0.25) is 0 Å². The molecule has 1 aromatic carbocycles. The maximum Gasteiger partial charge on any atom is 0.337 e. The van der Waals surface area contributed by atoms with Gasteiger partial charge in [-0.2, -0.15) is 0 Å². The molecule has 3 aliphatic carbocycles. The van der Waals surface area contributed by atoms with Crippen molar-refractivity contribution in [3.63, 3.8) is 0 Å². The maximum atomic E-state index is 12.9. The monoisotopic (exact) mass is 599 g/mol. The largest absolute Gasteiger partial charge is 0.482 e. The zero-order valence-electron chi connectivity index (χ0n) is 27.6. The summed E-state index contributed by atoms with van der Waals surface area (Å²) in [6, 6.07) is 4.40. The Morgan fingerprint density at radius 2 is 1.91 bits per heavy atom. The number of carbonyl (C=O) groups excluding carboxylic acids is 1. The van der Waals surface area contributed by atoms with E-state index in [0.717, 1.165) is 38.3 Å². The summed E-state index contributed by atoms with van der Waals surface area (Å²) < 4.78 is 30.3. The molecule has 1 saturated heterocycles. The number of nitrogens with zero attached hydrogens (tertiary/aromatic N) is 1. The molecule has 1 N–H and O–H groups in total. The lowest BCUT2D eigenvalue weighted by atomic mass is 9.38. The molecule has 240 valence electrons. The molecule has 5 aliphatic rings. The highest BCUT2D eigenvalue weighted by atomic mass is 16.6. The van der Waals surface area contributed by atoms with Gasteiger partial charge in [-0.3, -0.25) is 4.90 Å². The number of esters is 1. The summed E-state index contributed by atoms with van der Waals surface area (Å²) >= 11 is 0. The zero-order valence-corrected chi connectivity index (χ0v) is 27.6. The molecule has 0 amide bonds. The summed E-state index contributed by atoms with van der Waals surface area (Å²) in [7, 11) is 3.39. The Hall–Kier alpha value is -1.71. The molecule has 8 heteroatoms. The number of ether oxygens (including phenoxy) is 5. The van der Waals surface area contributed by atoms with Crippen LogP contribution in [0.4, 0.5) is 0 Å². The Morgan fingerprint density at radius 3 is 2.53 bits per heavy atom. The number of likely N-dealkylation sites (tertiary alicyclic amines) is 1. The molecule has 2 saturated carbocycles. The van der Waals surface area contributed by atoms with Gasteiger partial charge in [-0.1, -0.05) is 40.7 Å². The molecule has 6 rings (SSSR count). The number of piperidine rings is 1. The van der Waals surface area contributed by atoms with Gasteiger partial charge in [0, 0.05) is 43.7 Å². The normalized spacial score (nSPS) is 36.1. The predicted octanol–water partition coefficient (Wildman–Crippen LogP) is 4.91. The van der Waals surface area contributed by atoms with Crippen molar-refractivity contribution in [2.24, 2.45) is 22.7 Å². The van der Waals surface area contributed by atoms with Crippen molar-refractivity contribution in [2.45, 2.75) is 109 Å². The highest BCUT2D eigenvalue weighted by Crippen LogP contribution is 2.73. The molecule has 0 aromatic heterocycles. The van der Waals surface area contributed by atoms with Crippen LogP contribution in [0.25, 0.3) is 0 Å². The Kier molecular flexibility index (Phi) is 7.77. The number of hydrogen-bond donors (Lipinski definition) is 1. The predicted molar refractivity (Wildman–Crippen MR) is 164 cm³/mol. The van der Waals surface area contributed by atoms with Gasteiger partial charge < -0.3 is 28.8 Å². The molecule has 1 aromatic rings. The summed E-state index contributed by atoms with van der Waals surface area (Å²) in [5.41, 5.74) is -0.143. The van der Waals surface area contributed by atoms with E-state index in [1.807, 2.05) is 13.0 Å². The van der Waals surface area contributed by atoms with Gasteiger partial charge in [0.15, 0.2) is 11.5 Å². The lowest BCUT2D eigenvalue weighted by molar-refractivity contribution is -0.277. The van der Waals surface area contributed by atoms with E-state index in [4.69, 9.17) is 23.7 Å². The van der Waals surface area contributed by atoms with Crippen LogP contribution >= 0.6 is 0 Å². The minimum Gasteiger partial charge on any atom is -0.482 e. The summed E-state index contributed by atoms with van der Waals surface area (Å²) in [6.07, 6.45) is 5.73. The van der Waals surface area contributed by atoms with Crippen molar-refractivity contribution in [1.82, 2.24) is 4.90 Å². The average Bonchev–Trinajstić information content (AvgIpc) is 3.70. The van der Waals surface area contributed by atoms with Gasteiger partial charge in [0.25, 0.3) is 0 Å². The van der Waals surface area contributed by atoms with Crippen LogP contribution in [0.1, 0.15) is 84.8 Å². The molecule has 1 unspecified atom stereocenters. The summed E-state index contributed by atoms with van der Waals surface area (Å²) in [5.74, 6) is 1.30. The molecule has 7 atom stereocenters. The third kappa shape index (κ3) is 4.44. The first kappa shape index (κ1) is 31.3. The molecule has 2 bridgehead atoms. The molecule has 0 radical (unpaired) electrons. The highest BCUT2D eigenvalue weighted by molar-refractivity contribution is 5.76. The smallest absolute Gasteiger partial charge is 0.337 e. The molecular weight excluding hydrogens is 546 g/mol. The first-order valence-corrected chi connectivity index (χ1v) is 16.4. The first-order valence-electron chi connectivity index (χ1n) is 16.4. The van der Waals surface area contributed by atoms with Gasteiger partial charge >= 0.3 is 5.97 Å². The van der Waals surface area contributed by atoms with Crippen molar-refractivity contribution in [3.8, 4) is 11.5 Å². The Morgan fingerprint density at radius 1 is 1.16 bits per heavy atom. The third-order valence-corrected chi connectivity index (χ3v) is 12.6. The highest BCUT2D eigenvalue weighted by Gasteiger charge is 2.78. The van der Waals surface area contributed by atoms with Crippen molar-refractivity contribution in [1.29, 1.82) is 0 Å². The average molecular weight is 600 g/mol.